The molecule has 2 N–H and O–H groups in total. The summed E-state index contributed by atoms with van der Waals surface area (Å²) in [6.07, 6.45) is 0. The lowest BCUT2D eigenvalue weighted by Gasteiger charge is -2.00. The molecule has 0 unspecified atom stereocenters. The van der Waals surface area contributed by atoms with Crippen LogP contribution in [-0.4, -0.2) is 10.1 Å². The van der Waals surface area contributed by atoms with E-state index in [9.17, 15) is 0 Å². The Morgan fingerprint density at radius 1 is 1.14 bits per heavy atom. The van der Waals surface area contributed by atoms with Crippen molar-refractivity contribution in [3.05, 3.63) is 59.4 Å². The van der Waals surface area contributed by atoms with Crippen LogP contribution in [-0.2, 0) is 5.75 Å². The molecular weight excluding hydrogens is 306 g/mol. The largest absolute Gasteiger partial charge is 0.398 e. The first-order valence-electron chi connectivity index (χ1n) is 6.28. The molecule has 1 aromatic heterocycles. The molecular formula is C15H12ClN3OS. The van der Waals surface area contributed by atoms with Crippen molar-refractivity contribution in [3.8, 4) is 11.5 Å². The van der Waals surface area contributed by atoms with E-state index >= 15 is 0 Å². The zero-order valence-electron chi connectivity index (χ0n) is 11.0. The van der Waals surface area contributed by atoms with Gasteiger partial charge in [0.15, 0.2) is 5.82 Å². The van der Waals surface area contributed by atoms with Crippen molar-refractivity contribution in [2.24, 2.45) is 0 Å². The van der Waals surface area contributed by atoms with E-state index < -0.39 is 0 Å². The van der Waals surface area contributed by atoms with E-state index in [-0.39, 0.29) is 0 Å². The van der Waals surface area contributed by atoms with Crippen molar-refractivity contribution < 1.29 is 4.52 Å². The Hall–Kier alpha value is -1.98. The normalized spacial score (nSPS) is 10.7. The Bertz CT molecular complexity index is 746. The molecule has 2 aromatic carbocycles. The lowest BCUT2D eigenvalue weighted by atomic mass is 10.2. The number of benzene rings is 2. The van der Waals surface area contributed by atoms with E-state index in [0.717, 1.165) is 4.90 Å². The Morgan fingerprint density at radius 2 is 1.95 bits per heavy atom. The lowest BCUT2D eigenvalue weighted by molar-refractivity contribution is 0.425. The third kappa shape index (κ3) is 3.37. The molecule has 0 spiro atoms. The summed E-state index contributed by atoms with van der Waals surface area (Å²) in [5.74, 6) is 1.64. The van der Waals surface area contributed by atoms with Crippen molar-refractivity contribution in [3.63, 3.8) is 0 Å². The summed E-state index contributed by atoms with van der Waals surface area (Å²) in [6.45, 7) is 0. The minimum absolute atomic E-state index is 0.388. The smallest absolute Gasteiger partial charge is 0.260 e. The summed E-state index contributed by atoms with van der Waals surface area (Å²) in [7, 11) is 0. The quantitative estimate of drug-likeness (QED) is 0.575. The standard InChI is InChI=1S/C15H12ClN3OS/c16-10-6-7-13(17)12(8-10)15-18-14(19-20-15)9-21-11-4-2-1-3-5-11/h1-8H,9,17H2. The average molecular weight is 318 g/mol. The molecule has 0 fully saturated rings. The minimum atomic E-state index is 0.388. The maximum atomic E-state index is 5.97. The zero-order chi connectivity index (χ0) is 14.7. The molecule has 0 amide bonds. The maximum Gasteiger partial charge on any atom is 0.260 e. The fourth-order valence-electron chi connectivity index (χ4n) is 1.80. The van der Waals surface area contributed by atoms with Crippen molar-refractivity contribution in [2.75, 3.05) is 5.73 Å². The van der Waals surface area contributed by atoms with Crippen molar-refractivity contribution in [1.29, 1.82) is 0 Å². The Labute approximate surface area is 131 Å². The van der Waals surface area contributed by atoms with Gasteiger partial charge in [-0.05, 0) is 30.3 Å². The lowest BCUT2D eigenvalue weighted by Crippen LogP contribution is -1.90. The molecule has 0 atom stereocenters. The first-order valence-corrected chi connectivity index (χ1v) is 7.64. The molecule has 3 rings (SSSR count). The molecule has 0 aliphatic heterocycles. The predicted molar refractivity (Wildman–Crippen MR) is 85.2 cm³/mol. The summed E-state index contributed by atoms with van der Waals surface area (Å²) in [6, 6.07) is 15.2. The number of aromatic nitrogens is 2. The van der Waals surface area contributed by atoms with Crippen molar-refractivity contribution in [2.45, 2.75) is 10.6 Å². The van der Waals surface area contributed by atoms with Gasteiger partial charge in [0.1, 0.15) is 0 Å². The number of hydrogen-bond acceptors (Lipinski definition) is 5. The summed E-state index contributed by atoms with van der Waals surface area (Å²) in [5.41, 5.74) is 7.12. The summed E-state index contributed by atoms with van der Waals surface area (Å²) < 4.78 is 5.26. The summed E-state index contributed by atoms with van der Waals surface area (Å²) >= 11 is 7.61. The average Bonchev–Trinajstić information content (AvgIpc) is 2.97. The fraction of sp³-hybridized carbons (Fsp3) is 0.0667. The molecule has 0 radical (unpaired) electrons. The number of hydrogen-bond donors (Lipinski definition) is 1. The highest BCUT2D eigenvalue weighted by molar-refractivity contribution is 7.98. The van der Waals surface area contributed by atoms with Gasteiger partial charge in [-0.3, -0.25) is 0 Å². The fourth-order valence-corrected chi connectivity index (χ4v) is 2.74. The van der Waals surface area contributed by atoms with Gasteiger partial charge in [-0.25, -0.2) is 0 Å². The first-order chi connectivity index (χ1) is 10.2. The summed E-state index contributed by atoms with van der Waals surface area (Å²) in [5, 5.41) is 4.55. The van der Waals surface area contributed by atoms with E-state index in [1.54, 1.807) is 30.0 Å². The van der Waals surface area contributed by atoms with Crippen molar-refractivity contribution >= 4 is 29.1 Å². The molecule has 3 aromatic rings. The Morgan fingerprint density at radius 3 is 2.76 bits per heavy atom. The highest BCUT2D eigenvalue weighted by Gasteiger charge is 2.12. The van der Waals surface area contributed by atoms with Gasteiger partial charge in [0.2, 0.25) is 0 Å². The van der Waals surface area contributed by atoms with Crippen LogP contribution in [0.5, 0.6) is 0 Å². The van der Waals surface area contributed by atoms with Gasteiger partial charge in [0.25, 0.3) is 5.89 Å². The van der Waals surface area contributed by atoms with E-state index in [1.165, 1.54) is 0 Å². The van der Waals surface area contributed by atoms with Gasteiger partial charge in [-0.2, -0.15) is 4.98 Å². The van der Waals surface area contributed by atoms with Crippen LogP contribution in [0, 0.1) is 0 Å². The van der Waals surface area contributed by atoms with Crippen LogP contribution in [0.2, 0.25) is 5.02 Å². The molecule has 0 saturated heterocycles. The number of nitrogen functional groups attached to an aromatic ring is 1. The number of halogens is 1. The van der Waals surface area contributed by atoms with Crippen LogP contribution < -0.4 is 5.73 Å². The van der Waals surface area contributed by atoms with E-state index in [4.69, 9.17) is 21.9 Å². The van der Waals surface area contributed by atoms with Gasteiger partial charge < -0.3 is 10.3 Å². The van der Waals surface area contributed by atoms with Crippen LogP contribution >= 0.6 is 23.4 Å². The third-order valence-corrected chi connectivity index (χ3v) is 4.07. The Kier molecular flexibility index (Phi) is 4.13. The molecule has 21 heavy (non-hydrogen) atoms. The van der Waals surface area contributed by atoms with Crippen molar-refractivity contribution in [1.82, 2.24) is 10.1 Å². The minimum Gasteiger partial charge on any atom is -0.398 e. The zero-order valence-corrected chi connectivity index (χ0v) is 12.6. The molecule has 4 nitrogen and oxygen atoms in total. The highest BCUT2D eigenvalue weighted by atomic mass is 35.5. The van der Waals surface area contributed by atoms with Crippen LogP contribution in [0.4, 0.5) is 5.69 Å². The molecule has 1 heterocycles. The Balaban J connectivity index is 1.76. The van der Waals surface area contributed by atoms with Crippen LogP contribution in [0.15, 0.2) is 57.9 Å². The number of nitrogens with two attached hydrogens (primary N) is 1. The predicted octanol–water partition coefficient (Wildman–Crippen LogP) is 4.26. The van der Waals surface area contributed by atoms with E-state index in [1.807, 2.05) is 30.3 Å². The monoisotopic (exact) mass is 317 g/mol. The van der Waals surface area contributed by atoms with E-state index in [0.29, 0.717) is 33.7 Å². The second-order valence-corrected chi connectivity index (χ2v) is 5.83. The number of rotatable bonds is 4. The second kappa shape index (κ2) is 6.20. The maximum absolute atomic E-state index is 5.97. The molecule has 0 aliphatic rings. The third-order valence-electron chi connectivity index (χ3n) is 2.82. The van der Waals surface area contributed by atoms with Gasteiger partial charge in [0, 0.05) is 15.6 Å². The highest BCUT2D eigenvalue weighted by Crippen LogP contribution is 2.28. The van der Waals surface area contributed by atoms with Crippen LogP contribution in [0.3, 0.4) is 0 Å². The van der Waals surface area contributed by atoms with Gasteiger partial charge in [0.05, 0.1) is 11.3 Å². The van der Waals surface area contributed by atoms with E-state index in [2.05, 4.69) is 10.1 Å². The first kappa shape index (κ1) is 14.0. The van der Waals surface area contributed by atoms with Crippen LogP contribution in [0.1, 0.15) is 5.82 Å². The van der Waals surface area contributed by atoms with Gasteiger partial charge >= 0.3 is 0 Å². The topological polar surface area (TPSA) is 64.9 Å². The molecule has 0 bridgehead atoms. The molecule has 0 saturated carbocycles. The number of nitrogens with zero attached hydrogens (tertiary/aromatic N) is 2. The molecule has 106 valence electrons. The summed E-state index contributed by atoms with van der Waals surface area (Å²) in [4.78, 5) is 5.52. The number of thioether (sulfide) groups is 1. The SMILES string of the molecule is Nc1ccc(Cl)cc1-c1nc(CSc2ccccc2)no1. The second-order valence-electron chi connectivity index (χ2n) is 4.35. The molecule has 0 aliphatic carbocycles. The van der Waals surface area contributed by atoms with Crippen LogP contribution in [0.25, 0.3) is 11.5 Å². The molecule has 6 heteroatoms. The van der Waals surface area contributed by atoms with Gasteiger partial charge in [-0.1, -0.05) is 35.0 Å². The van der Waals surface area contributed by atoms with Gasteiger partial charge in [-0.15, -0.1) is 11.8 Å². The number of anilines is 1.